The first-order chi connectivity index (χ1) is 11.7. The van der Waals surface area contributed by atoms with Crippen LogP contribution in [-0.4, -0.2) is 40.3 Å². The van der Waals surface area contributed by atoms with Crippen molar-refractivity contribution >= 4 is 44.9 Å². The molecule has 1 aromatic carbocycles. The zero-order valence-corrected chi connectivity index (χ0v) is 15.8. The summed E-state index contributed by atoms with van der Waals surface area (Å²) in [6.45, 7) is 2.33. The van der Waals surface area contributed by atoms with Crippen molar-refractivity contribution in [2.24, 2.45) is 0 Å². The minimum atomic E-state index is 0.636. The summed E-state index contributed by atoms with van der Waals surface area (Å²) in [6, 6.07) is 8.02. The summed E-state index contributed by atoms with van der Waals surface area (Å²) in [4.78, 5) is 12.5. The molecule has 2 aromatic heterocycles. The van der Waals surface area contributed by atoms with E-state index in [2.05, 4.69) is 39.4 Å². The summed E-state index contributed by atoms with van der Waals surface area (Å²) in [5.41, 5.74) is 2.38. The number of aromatic nitrogens is 2. The highest BCUT2D eigenvalue weighted by Gasteiger charge is 2.21. The SMILES string of the molecule is CN1CCC(Sc2ncnc3scc(-c4ccc(Cl)cc4)c23)CC1. The lowest BCUT2D eigenvalue weighted by Crippen LogP contribution is -2.31. The van der Waals surface area contributed by atoms with Gasteiger partial charge in [0.15, 0.2) is 0 Å². The lowest BCUT2D eigenvalue weighted by molar-refractivity contribution is 0.282. The molecule has 0 unspecified atom stereocenters. The number of fused-ring (bicyclic) bond motifs is 1. The number of nitrogens with zero attached hydrogens (tertiary/aromatic N) is 3. The molecule has 0 N–H and O–H groups in total. The van der Waals surface area contributed by atoms with Crippen LogP contribution in [0.3, 0.4) is 0 Å². The molecule has 24 heavy (non-hydrogen) atoms. The van der Waals surface area contributed by atoms with Gasteiger partial charge in [-0.2, -0.15) is 0 Å². The molecule has 0 bridgehead atoms. The molecule has 0 spiro atoms. The van der Waals surface area contributed by atoms with Crippen LogP contribution in [0.25, 0.3) is 21.3 Å². The Labute approximate surface area is 155 Å². The molecular formula is C18H18ClN3S2. The number of thioether (sulfide) groups is 1. The quantitative estimate of drug-likeness (QED) is 0.588. The lowest BCUT2D eigenvalue weighted by Gasteiger charge is -2.28. The third kappa shape index (κ3) is 3.31. The van der Waals surface area contributed by atoms with Crippen LogP contribution in [0, 0.1) is 0 Å². The Morgan fingerprint density at radius 1 is 1.17 bits per heavy atom. The molecule has 4 rings (SSSR count). The summed E-state index contributed by atoms with van der Waals surface area (Å²) >= 11 is 9.63. The highest BCUT2D eigenvalue weighted by atomic mass is 35.5. The minimum Gasteiger partial charge on any atom is -0.306 e. The topological polar surface area (TPSA) is 29.0 Å². The van der Waals surface area contributed by atoms with E-state index in [9.17, 15) is 0 Å². The van der Waals surface area contributed by atoms with Gasteiger partial charge in [0.05, 0.1) is 5.39 Å². The first-order valence-electron chi connectivity index (χ1n) is 8.04. The number of benzene rings is 1. The molecule has 0 aliphatic carbocycles. The summed E-state index contributed by atoms with van der Waals surface area (Å²) in [5.74, 6) is 0. The molecule has 1 saturated heterocycles. The highest BCUT2D eigenvalue weighted by Crippen LogP contribution is 2.40. The van der Waals surface area contributed by atoms with E-state index >= 15 is 0 Å². The third-order valence-electron chi connectivity index (χ3n) is 4.43. The Bertz CT molecular complexity index is 839. The van der Waals surface area contributed by atoms with Crippen molar-refractivity contribution in [2.75, 3.05) is 20.1 Å². The lowest BCUT2D eigenvalue weighted by atomic mass is 10.1. The molecule has 1 aliphatic rings. The van der Waals surface area contributed by atoms with Crippen molar-refractivity contribution in [1.82, 2.24) is 14.9 Å². The van der Waals surface area contributed by atoms with E-state index in [0.29, 0.717) is 5.25 Å². The monoisotopic (exact) mass is 375 g/mol. The van der Waals surface area contributed by atoms with Crippen LogP contribution in [-0.2, 0) is 0 Å². The molecule has 124 valence electrons. The number of thiophene rings is 1. The maximum absolute atomic E-state index is 6.03. The predicted molar refractivity (Wildman–Crippen MR) is 104 cm³/mol. The van der Waals surface area contributed by atoms with E-state index in [0.717, 1.165) is 14.9 Å². The normalized spacial score (nSPS) is 16.8. The van der Waals surface area contributed by atoms with Gasteiger partial charge in [-0.05, 0) is 50.7 Å². The van der Waals surface area contributed by atoms with E-state index in [4.69, 9.17) is 11.6 Å². The van der Waals surface area contributed by atoms with Gasteiger partial charge in [-0.15, -0.1) is 23.1 Å². The van der Waals surface area contributed by atoms with Gasteiger partial charge in [-0.3, -0.25) is 0 Å². The van der Waals surface area contributed by atoms with Gasteiger partial charge in [-0.25, -0.2) is 9.97 Å². The number of rotatable bonds is 3. The Kier molecular flexibility index (Phi) is 4.77. The zero-order chi connectivity index (χ0) is 16.5. The van der Waals surface area contributed by atoms with Crippen molar-refractivity contribution in [3.8, 4) is 11.1 Å². The van der Waals surface area contributed by atoms with Gasteiger partial charge in [0, 0.05) is 21.2 Å². The van der Waals surface area contributed by atoms with Crippen molar-refractivity contribution < 1.29 is 0 Å². The number of hydrogen-bond acceptors (Lipinski definition) is 5. The third-order valence-corrected chi connectivity index (χ3v) is 6.91. The van der Waals surface area contributed by atoms with Crippen LogP contribution in [0.5, 0.6) is 0 Å². The average molecular weight is 376 g/mol. The second-order valence-electron chi connectivity index (χ2n) is 6.14. The molecule has 0 amide bonds. The fourth-order valence-corrected chi connectivity index (χ4v) is 5.34. The van der Waals surface area contributed by atoms with Crippen LogP contribution in [0.2, 0.25) is 5.02 Å². The summed E-state index contributed by atoms with van der Waals surface area (Å²) in [7, 11) is 2.20. The smallest absolute Gasteiger partial charge is 0.128 e. The van der Waals surface area contributed by atoms with E-state index in [1.807, 2.05) is 23.9 Å². The van der Waals surface area contributed by atoms with E-state index < -0.39 is 0 Å². The van der Waals surface area contributed by atoms with Gasteiger partial charge >= 0.3 is 0 Å². The zero-order valence-electron chi connectivity index (χ0n) is 13.4. The molecule has 0 radical (unpaired) electrons. The maximum Gasteiger partial charge on any atom is 0.128 e. The Hall–Kier alpha value is -1.14. The van der Waals surface area contributed by atoms with Crippen LogP contribution in [0.4, 0.5) is 0 Å². The highest BCUT2D eigenvalue weighted by molar-refractivity contribution is 8.00. The van der Waals surface area contributed by atoms with Crippen molar-refractivity contribution in [3.05, 3.63) is 41.0 Å². The number of halogens is 1. The standard InChI is InChI=1S/C18H18ClN3S2/c1-22-8-6-14(7-9-22)24-18-16-15(10-23-17(16)20-11-21-18)12-2-4-13(19)5-3-12/h2-5,10-11,14H,6-9H2,1H3. The minimum absolute atomic E-state index is 0.636. The molecule has 1 aliphatic heterocycles. The molecule has 3 nitrogen and oxygen atoms in total. The predicted octanol–water partition coefficient (Wildman–Crippen LogP) is 5.20. The van der Waals surface area contributed by atoms with Crippen molar-refractivity contribution in [1.29, 1.82) is 0 Å². The Balaban J connectivity index is 1.70. The molecule has 1 fully saturated rings. The van der Waals surface area contributed by atoms with Crippen LogP contribution >= 0.6 is 34.7 Å². The molecule has 0 saturated carbocycles. The van der Waals surface area contributed by atoms with E-state index in [1.54, 1.807) is 17.7 Å². The van der Waals surface area contributed by atoms with E-state index in [1.165, 1.54) is 42.4 Å². The van der Waals surface area contributed by atoms with Crippen LogP contribution in [0.15, 0.2) is 41.0 Å². The molecule has 0 atom stereocenters. The summed E-state index contributed by atoms with van der Waals surface area (Å²) < 4.78 is 0. The maximum atomic E-state index is 6.03. The fourth-order valence-electron chi connectivity index (χ4n) is 3.04. The Morgan fingerprint density at radius 2 is 1.92 bits per heavy atom. The van der Waals surface area contributed by atoms with E-state index in [-0.39, 0.29) is 0 Å². The fraction of sp³-hybridized carbons (Fsp3) is 0.333. The molecule has 3 heterocycles. The van der Waals surface area contributed by atoms with Crippen LogP contribution in [0.1, 0.15) is 12.8 Å². The van der Waals surface area contributed by atoms with Gasteiger partial charge in [-0.1, -0.05) is 23.7 Å². The van der Waals surface area contributed by atoms with Gasteiger partial charge in [0.25, 0.3) is 0 Å². The molecule has 3 aromatic rings. The summed E-state index contributed by atoms with van der Waals surface area (Å²) in [5, 5.41) is 5.88. The van der Waals surface area contributed by atoms with Crippen LogP contribution < -0.4 is 0 Å². The number of hydrogen-bond donors (Lipinski definition) is 0. The molecule has 6 heteroatoms. The second-order valence-corrected chi connectivity index (χ2v) is 8.72. The first kappa shape index (κ1) is 16.3. The molecular weight excluding hydrogens is 358 g/mol. The largest absolute Gasteiger partial charge is 0.306 e. The number of likely N-dealkylation sites (tertiary alicyclic amines) is 1. The van der Waals surface area contributed by atoms with Gasteiger partial charge in [0.2, 0.25) is 0 Å². The van der Waals surface area contributed by atoms with Gasteiger partial charge in [0.1, 0.15) is 16.2 Å². The van der Waals surface area contributed by atoms with Crippen molar-refractivity contribution in [2.45, 2.75) is 23.1 Å². The van der Waals surface area contributed by atoms with Crippen molar-refractivity contribution in [3.63, 3.8) is 0 Å². The number of piperidine rings is 1. The average Bonchev–Trinajstić information content (AvgIpc) is 3.03. The first-order valence-corrected chi connectivity index (χ1v) is 10.2. The summed E-state index contributed by atoms with van der Waals surface area (Å²) in [6.07, 6.45) is 4.13. The Morgan fingerprint density at radius 3 is 2.67 bits per heavy atom. The second kappa shape index (κ2) is 7.00. The van der Waals surface area contributed by atoms with Gasteiger partial charge < -0.3 is 4.90 Å².